The highest BCUT2D eigenvalue weighted by atomic mass is 19.1. The third-order valence-electron chi connectivity index (χ3n) is 4.34. The highest BCUT2D eigenvalue weighted by Crippen LogP contribution is 2.41. The summed E-state index contributed by atoms with van der Waals surface area (Å²) >= 11 is 0. The van der Waals surface area contributed by atoms with Crippen molar-refractivity contribution in [3.63, 3.8) is 0 Å². The smallest absolute Gasteiger partial charge is 0.123 e. The lowest BCUT2D eigenvalue weighted by Crippen LogP contribution is -2.37. The minimum Gasteiger partial charge on any atom is -0.369 e. The van der Waals surface area contributed by atoms with Crippen molar-refractivity contribution in [2.24, 2.45) is 17.1 Å². The molecule has 1 aliphatic rings. The van der Waals surface area contributed by atoms with E-state index < -0.39 is 0 Å². The van der Waals surface area contributed by atoms with Crippen LogP contribution in [0, 0.1) is 17.2 Å². The highest BCUT2D eigenvalue weighted by molar-refractivity contribution is 5.20. The van der Waals surface area contributed by atoms with Gasteiger partial charge in [-0.05, 0) is 55.2 Å². The van der Waals surface area contributed by atoms with Crippen LogP contribution in [0.25, 0.3) is 0 Å². The number of ether oxygens (including phenoxy) is 1. The average Bonchev–Trinajstić information content (AvgIpc) is 2.33. The second-order valence-electron chi connectivity index (χ2n) is 7.51. The van der Waals surface area contributed by atoms with Gasteiger partial charge < -0.3 is 10.5 Å². The number of halogens is 1. The zero-order valence-electron chi connectivity index (χ0n) is 13.6. The number of benzene rings is 1. The molecule has 0 spiro atoms. The SMILES string of the molecule is CC1CC(OC(c2cccc(F)c2)C(C)N)CC(C)(C)C1. The summed E-state index contributed by atoms with van der Waals surface area (Å²) in [6, 6.07) is 6.44. The van der Waals surface area contributed by atoms with E-state index >= 15 is 0 Å². The summed E-state index contributed by atoms with van der Waals surface area (Å²) in [7, 11) is 0. The first-order valence-electron chi connectivity index (χ1n) is 7.93. The van der Waals surface area contributed by atoms with Gasteiger partial charge in [0, 0.05) is 6.04 Å². The largest absolute Gasteiger partial charge is 0.369 e. The molecular weight excluding hydrogens is 265 g/mol. The van der Waals surface area contributed by atoms with Crippen molar-refractivity contribution < 1.29 is 9.13 Å². The predicted molar refractivity (Wildman–Crippen MR) is 84.5 cm³/mol. The first-order chi connectivity index (χ1) is 9.77. The zero-order valence-corrected chi connectivity index (χ0v) is 13.6. The van der Waals surface area contributed by atoms with Crippen LogP contribution >= 0.6 is 0 Å². The lowest BCUT2D eigenvalue weighted by Gasteiger charge is -2.40. The maximum atomic E-state index is 13.5. The van der Waals surface area contributed by atoms with Crippen molar-refractivity contribution in [1.29, 1.82) is 0 Å². The maximum Gasteiger partial charge on any atom is 0.123 e. The van der Waals surface area contributed by atoms with E-state index in [1.54, 1.807) is 6.07 Å². The molecule has 1 aliphatic carbocycles. The lowest BCUT2D eigenvalue weighted by molar-refractivity contribution is -0.0739. The molecule has 0 aromatic heterocycles. The number of hydrogen-bond donors (Lipinski definition) is 1. The van der Waals surface area contributed by atoms with Gasteiger partial charge in [0.15, 0.2) is 0 Å². The van der Waals surface area contributed by atoms with E-state index in [1.807, 2.05) is 13.0 Å². The van der Waals surface area contributed by atoms with Gasteiger partial charge in [-0.25, -0.2) is 4.39 Å². The van der Waals surface area contributed by atoms with Crippen LogP contribution in [0.15, 0.2) is 24.3 Å². The molecule has 1 aromatic carbocycles. The predicted octanol–water partition coefficient (Wildman–Crippen LogP) is 4.45. The molecule has 0 amide bonds. The Morgan fingerprint density at radius 3 is 2.62 bits per heavy atom. The average molecular weight is 293 g/mol. The quantitative estimate of drug-likeness (QED) is 0.890. The molecule has 0 radical (unpaired) electrons. The van der Waals surface area contributed by atoms with Crippen LogP contribution in [0.2, 0.25) is 0 Å². The number of rotatable bonds is 4. The van der Waals surface area contributed by atoms with Gasteiger partial charge in [-0.2, -0.15) is 0 Å². The van der Waals surface area contributed by atoms with Crippen molar-refractivity contribution in [1.82, 2.24) is 0 Å². The molecule has 21 heavy (non-hydrogen) atoms. The second-order valence-corrected chi connectivity index (χ2v) is 7.51. The number of hydrogen-bond acceptors (Lipinski definition) is 2. The van der Waals surface area contributed by atoms with E-state index in [1.165, 1.54) is 18.6 Å². The molecule has 1 saturated carbocycles. The van der Waals surface area contributed by atoms with Crippen LogP contribution in [0.5, 0.6) is 0 Å². The van der Waals surface area contributed by atoms with Crippen LogP contribution in [0.4, 0.5) is 4.39 Å². The Morgan fingerprint density at radius 1 is 1.33 bits per heavy atom. The summed E-state index contributed by atoms with van der Waals surface area (Å²) in [6.07, 6.45) is 3.28. The summed E-state index contributed by atoms with van der Waals surface area (Å²) in [5, 5.41) is 0. The molecule has 1 fully saturated rings. The van der Waals surface area contributed by atoms with E-state index in [0.29, 0.717) is 11.3 Å². The summed E-state index contributed by atoms with van der Waals surface area (Å²) in [5.41, 5.74) is 7.22. The van der Waals surface area contributed by atoms with E-state index in [2.05, 4.69) is 20.8 Å². The standard InChI is InChI=1S/C18H28FNO/c1-12-8-16(11-18(3,4)10-12)21-17(13(2)20)14-6-5-7-15(19)9-14/h5-7,9,12-13,16-17H,8,10-11,20H2,1-4H3. The molecule has 4 atom stereocenters. The highest BCUT2D eigenvalue weighted by Gasteiger charge is 2.34. The van der Waals surface area contributed by atoms with Gasteiger partial charge in [0.25, 0.3) is 0 Å². The van der Waals surface area contributed by atoms with Gasteiger partial charge in [0.1, 0.15) is 5.82 Å². The van der Waals surface area contributed by atoms with Crippen molar-refractivity contribution in [3.05, 3.63) is 35.6 Å². The minimum atomic E-state index is -0.244. The number of nitrogens with two attached hydrogens (primary N) is 1. The molecule has 2 N–H and O–H groups in total. The molecule has 0 aliphatic heterocycles. The normalized spacial score (nSPS) is 28.1. The zero-order chi connectivity index (χ0) is 15.6. The van der Waals surface area contributed by atoms with Crippen molar-refractivity contribution in [3.8, 4) is 0 Å². The molecular formula is C18H28FNO. The Balaban J connectivity index is 2.13. The fourth-order valence-electron chi connectivity index (χ4n) is 3.76. The van der Waals surface area contributed by atoms with E-state index in [4.69, 9.17) is 10.5 Å². The van der Waals surface area contributed by atoms with Crippen LogP contribution in [0.3, 0.4) is 0 Å². The maximum absolute atomic E-state index is 13.5. The first kappa shape index (κ1) is 16.4. The molecule has 2 rings (SSSR count). The molecule has 118 valence electrons. The Morgan fingerprint density at radius 2 is 2.05 bits per heavy atom. The molecule has 0 heterocycles. The molecule has 0 bridgehead atoms. The molecule has 1 aromatic rings. The summed E-state index contributed by atoms with van der Waals surface area (Å²) < 4.78 is 19.8. The monoisotopic (exact) mass is 293 g/mol. The molecule has 0 saturated heterocycles. The Bertz CT molecular complexity index is 472. The van der Waals surface area contributed by atoms with Crippen molar-refractivity contribution >= 4 is 0 Å². The van der Waals surface area contributed by atoms with Gasteiger partial charge >= 0.3 is 0 Å². The third kappa shape index (κ3) is 4.52. The Hall–Kier alpha value is -0.930. The molecule has 4 unspecified atom stereocenters. The van der Waals surface area contributed by atoms with Crippen LogP contribution in [-0.2, 0) is 4.74 Å². The summed E-state index contributed by atoms with van der Waals surface area (Å²) in [6.45, 7) is 8.79. The van der Waals surface area contributed by atoms with Gasteiger partial charge in [0.2, 0.25) is 0 Å². The summed E-state index contributed by atoms with van der Waals surface area (Å²) in [4.78, 5) is 0. The Labute approximate surface area is 127 Å². The van der Waals surface area contributed by atoms with E-state index in [-0.39, 0.29) is 24.1 Å². The molecule has 3 heteroatoms. The van der Waals surface area contributed by atoms with Crippen LogP contribution < -0.4 is 5.73 Å². The fraction of sp³-hybridized carbons (Fsp3) is 0.667. The van der Waals surface area contributed by atoms with Gasteiger partial charge in [-0.1, -0.05) is 32.9 Å². The Kier molecular flexibility index (Phi) is 5.05. The van der Waals surface area contributed by atoms with E-state index in [0.717, 1.165) is 18.4 Å². The fourth-order valence-corrected chi connectivity index (χ4v) is 3.76. The molecule has 2 nitrogen and oxygen atoms in total. The third-order valence-corrected chi connectivity index (χ3v) is 4.34. The van der Waals surface area contributed by atoms with Gasteiger partial charge in [0.05, 0.1) is 12.2 Å². The van der Waals surface area contributed by atoms with E-state index in [9.17, 15) is 4.39 Å². The van der Waals surface area contributed by atoms with Crippen LogP contribution in [0.1, 0.15) is 58.6 Å². The second kappa shape index (κ2) is 6.45. The summed E-state index contributed by atoms with van der Waals surface area (Å²) in [5.74, 6) is 0.416. The minimum absolute atomic E-state index is 0.160. The van der Waals surface area contributed by atoms with Crippen molar-refractivity contribution in [2.45, 2.75) is 65.2 Å². The van der Waals surface area contributed by atoms with Gasteiger partial charge in [-0.15, -0.1) is 0 Å². The van der Waals surface area contributed by atoms with Crippen molar-refractivity contribution in [2.75, 3.05) is 0 Å². The first-order valence-corrected chi connectivity index (χ1v) is 7.93. The topological polar surface area (TPSA) is 35.2 Å². The van der Waals surface area contributed by atoms with Gasteiger partial charge in [-0.3, -0.25) is 0 Å². The lowest BCUT2D eigenvalue weighted by atomic mass is 9.71. The van der Waals surface area contributed by atoms with Crippen LogP contribution in [-0.4, -0.2) is 12.1 Å².